The molecule has 3 N–H and O–H groups in total. The molecule has 27 heavy (non-hydrogen) atoms. The number of carbonyl (C=O) groups is 1. The Labute approximate surface area is 160 Å². The molecule has 0 heterocycles. The van der Waals surface area contributed by atoms with Crippen LogP contribution in [-0.2, 0) is 5.41 Å². The van der Waals surface area contributed by atoms with Crippen LogP contribution in [0.15, 0.2) is 48.5 Å². The summed E-state index contributed by atoms with van der Waals surface area (Å²) >= 11 is 0. The smallest absolute Gasteiger partial charge is 0.404 e. The van der Waals surface area contributed by atoms with E-state index < -0.39 is 6.09 Å². The Morgan fingerprint density at radius 2 is 1.56 bits per heavy atom. The second kappa shape index (κ2) is 7.91. The van der Waals surface area contributed by atoms with Crippen molar-refractivity contribution in [3.05, 3.63) is 59.7 Å². The van der Waals surface area contributed by atoms with Gasteiger partial charge in [-0.1, -0.05) is 38.1 Å². The SMILES string of the molecule is CCC(CC)(c1ccc(O)cc1)c1ccc(OC2CC(NC(=O)O)C2)cc1. The molecule has 0 radical (unpaired) electrons. The Kier molecular flexibility index (Phi) is 5.59. The molecule has 1 saturated carbocycles. The number of phenols is 1. The van der Waals surface area contributed by atoms with Crippen LogP contribution in [0.3, 0.4) is 0 Å². The number of phenolic OH excluding ortho intramolecular Hbond substituents is 1. The lowest BCUT2D eigenvalue weighted by Crippen LogP contribution is -2.48. The van der Waals surface area contributed by atoms with E-state index in [-0.39, 0.29) is 23.3 Å². The normalized spacial score (nSPS) is 19.2. The van der Waals surface area contributed by atoms with Crippen LogP contribution in [0, 0.1) is 0 Å². The summed E-state index contributed by atoms with van der Waals surface area (Å²) < 4.78 is 5.95. The molecule has 5 heteroatoms. The first-order valence-electron chi connectivity index (χ1n) is 9.53. The predicted octanol–water partition coefficient (Wildman–Crippen LogP) is 4.68. The van der Waals surface area contributed by atoms with Gasteiger partial charge in [-0.25, -0.2) is 4.79 Å². The minimum Gasteiger partial charge on any atom is -0.508 e. The van der Waals surface area contributed by atoms with Gasteiger partial charge in [-0.15, -0.1) is 0 Å². The van der Waals surface area contributed by atoms with Crippen molar-refractivity contribution in [2.75, 3.05) is 0 Å². The van der Waals surface area contributed by atoms with Gasteiger partial charge < -0.3 is 20.3 Å². The number of hydrogen-bond acceptors (Lipinski definition) is 3. The summed E-state index contributed by atoms with van der Waals surface area (Å²) in [4.78, 5) is 10.6. The number of aromatic hydroxyl groups is 1. The zero-order valence-corrected chi connectivity index (χ0v) is 15.8. The average Bonchev–Trinajstić information content (AvgIpc) is 2.63. The van der Waals surface area contributed by atoms with Crippen LogP contribution < -0.4 is 10.1 Å². The lowest BCUT2D eigenvalue weighted by atomic mass is 9.70. The monoisotopic (exact) mass is 369 g/mol. The summed E-state index contributed by atoms with van der Waals surface area (Å²) in [6.45, 7) is 4.37. The molecule has 1 aliphatic rings. The molecule has 3 rings (SSSR count). The zero-order chi connectivity index (χ0) is 19.4. The number of rotatable bonds is 7. The van der Waals surface area contributed by atoms with Crippen molar-refractivity contribution in [1.82, 2.24) is 5.32 Å². The summed E-state index contributed by atoms with van der Waals surface area (Å²) in [6.07, 6.45) is 2.41. The molecular weight excluding hydrogens is 342 g/mol. The third-order valence-electron chi connectivity index (χ3n) is 5.76. The van der Waals surface area contributed by atoms with Crippen molar-refractivity contribution in [3.63, 3.8) is 0 Å². The van der Waals surface area contributed by atoms with Crippen molar-refractivity contribution >= 4 is 6.09 Å². The maximum atomic E-state index is 10.6. The van der Waals surface area contributed by atoms with Crippen LogP contribution >= 0.6 is 0 Å². The van der Waals surface area contributed by atoms with Crippen molar-refractivity contribution < 1.29 is 19.7 Å². The Hall–Kier alpha value is -2.69. The first kappa shape index (κ1) is 19.1. The van der Waals surface area contributed by atoms with E-state index >= 15 is 0 Å². The summed E-state index contributed by atoms with van der Waals surface area (Å²) in [5, 5.41) is 20.8. The highest BCUT2D eigenvalue weighted by atomic mass is 16.5. The number of hydrogen-bond donors (Lipinski definition) is 3. The van der Waals surface area contributed by atoms with Crippen LogP contribution in [0.1, 0.15) is 50.7 Å². The summed E-state index contributed by atoms with van der Waals surface area (Å²) in [6, 6.07) is 15.7. The van der Waals surface area contributed by atoms with Gasteiger partial charge in [-0.05, 0) is 48.2 Å². The average molecular weight is 369 g/mol. The molecule has 0 atom stereocenters. The largest absolute Gasteiger partial charge is 0.508 e. The predicted molar refractivity (Wildman–Crippen MR) is 105 cm³/mol. The van der Waals surface area contributed by atoms with Gasteiger partial charge in [0.2, 0.25) is 0 Å². The van der Waals surface area contributed by atoms with Crippen LogP contribution in [0.5, 0.6) is 11.5 Å². The minimum absolute atomic E-state index is 0.00546. The molecule has 1 amide bonds. The zero-order valence-electron chi connectivity index (χ0n) is 15.8. The van der Waals surface area contributed by atoms with E-state index in [9.17, 15) is 9.90 Å². The Morgan fingerprint density at radius 1 is 1.04 bits per heavy atom. The molecule has 2 aromatic rings. The van der Waals surface area contributed by atoms with Crippen LogP contribution in [-0.4, -0.2) is 28.5 Å². The Morgan fingerprint density at radius 3 is 2.04 bits per heavy atom. The fourth-order valence-electron chi connectivity index (χ4n) is 4.01. The number of benzene rings is 2. The van der Waals surface area contributed by atoms with E-state index in [1.54, 1.807) is 12.1 Å². The molecule has 0 unspecified atom stereocenters. The van der Waals surface area contributed by atoms with Crippen molar-refractivity contribution in [2.24, 2.45) is 0 Å². The highest BCUT2D eigenvalue weighted by molar-refractivity contribution is 5.65. The first-order valence-corrected chi connectivity index (χ1v) is 9.53. The Bertz CT molecular complexity index is 760. The molecule has 2 aromatic carbocycles. The number of ether oxygens (including phenoxy) is 1. The van der Waals surface area contributed by atoms with Gasteiger partial charge in [0.05, 0.1) is 0 Å². The molecular formula is C22H27NO4. The fourth-order valence-corrected chi connectivity index (χ4v) is 4.01. The van der Waals surface area contributed by atoms with Crippen LogP contribution in [0.25, 0.3) is 0 Å². The van der Waals surface area contributed by atoms with Gasteiger partial charge in [0.1, 0.15) is 17.6 Å². The third-order valence-corrected chi connectivity index (χ3v) is 5.76. The summed E-state index contributed by atoms with van der Waals surface area (Å²) in [5.41, 5.74) is 2.32. The second-order valence-corrected chi connectivity index (χ2v) is 7.22. The number of amides is 1. The van der Waals surface area contributed by atoms with Gasteiger partial charge in [-0.3, -0.25) is 0 Å². The quantitative estimate of drug-likeness (QED) is 0.662. The lowest BCUT2D eigenvalue weighted by molar-refractivity contribution is 0.0833. The van der Waals surface area contributed by atoms with Gasteiger partial charge in [0.15, 0.2) is 0 Å². The van der Waals surface area contributed by atoms with E-state index in [1.807, 2.05) is 24.3 Å². The van der Waals surface area contributed by atoms with Gasteiger partial charge in [-0.2, -0.15) is 0 Å². The van der Waals surface area contributed by atoms with E-state index in [2.05, 4.69) is 31.3 Å². The lowest BCUT2D eigenvalue weighted by Gasteiger charge is -2.35. The third kappa shape index (κ3) is 4.02. The maximum Gasteiger partial charge on any atom is 0.404 e. The highest BCUT2D eigenvalue weighted by Gasteiger charge is 2.33. The summed E-state index contributed by atoms with van der Waals surface area (Å²) in [5.74, 6) is 1.09. The molecule has 5 nitrogen and oxygen atoms in total. The number of nitrogens with one attached hydrogen (secondary N) is 1. The van der Waals surface area contributed by atoms with E-state index in [0.717, 1.165) is 18.6 Å². The van der Waals surface area contributed by atoms with Crippen molar-refractivity contribution in [2.45, 2.75) is 57.1 Å². The van der Waals surface area contributed by atoms with Gasteiger partial charge >= 0.3 is 6.09 Å². The summed E-state index contributed by atoms with van der Waals surface area (Å²) in [7, 11) is 0. The molecule has 0 aliphatic heterocycles. The van der Waals surface area contributed by atoms with Gasteiger partial charge in [0, 0.05) is 24.3 Å². The van der Waals surface area contributed by atoms with E-state index in [4.69, 9.17) is 9.84 Å². The molecule has 1 fully saturated rings. The molecule has 0 bridgehead atoms. The van der Waals surface area contributed by atoms with E-state index in [0.29, 0.717) is 12.8 Å². The molecule has 0 saturated heterocycles. The minimum atomic E-state index is -0.979. The van der Waals surface area contributed by atoms with Crippen LogP contribution in [0.2, 0.25) is 0 Å². The van der Waals surface area contributed by atoms with Crippen molar-refractivity contribution in [1.29, 1.82) is 0 Å². The molecule has 0 aromatic heterocycles. The number of carboxylic acid groups (broad SMARTS) is 1. The molecule has 144 valence electrons. The maximum absolute atomic E-state index is 10.6. The van der Waals surface area contributed by atoms with Crippen LogP contribution in [0.4, 0.5) is 4.79 Å². The van der Waals surface area contributed by atoms with Crippen molar-refractivity contribution in [3.8, 4) is 11.5 Å². The van der Waals surface area contributed by atoms with E-state index in [1.165, 1.54) is 11.1 Å². The standard InChI is InChI=1S/C22H27NO4/c1-3-22(4-2,15-5-9-18(24)10-6-15)16-7-11-19(12-8-16)27-20-13-17(14-20)23-21(25)26/h5-12,17,20,23-24H,3-4,13-14H2,1-2H3,(H,25,26). The van der Waals surface area contributed by atoms with Gasteiger partial charge in [0.25, 0.3) is 0 Å². The topological polar surface area (TPSA) is 78.8 Å². The first-order chi connectivity index (χ1) is 13.0. The molecule has 0 spiro atoms. The fraction of sp³-hybridized carbons (Fsp3) is 0.409. The molecule has 1 aliphatic carbocycles. The second-order valence-electron chi connectivity index (χ2n) is 7.22. The Balaban J connectivity index is 1.71. The highest BCUT2D eigenvalue weighted by Crippen LogP contribution is 2.40.